The molecular formula is C19H25NO4. The molecule has 0 heterocycles. The van der Waals surface area contributed by atoms with Gasteiger partial charge in [0.05, 0.1) is 20.3 Å². The van der Waals surface area contributed by atoms with Crippen molar-refractivity contribution in [2.45, 2.75) is 20.5 Å². The third-order valence-corrected chi connectivity index (χ3v) is 3.42. The number of nitrogens with one attached hydrogen (secondary N) is 1. The van der Waals surface area contributed by atoms with Crippen LogP contribution in [0.3, 0.4) is 0 Å². The van der Waals surface area contributed by atoms with Crippen molar-refractivity contribution in [3.63, 3.8) is 0 Å². The van der Waals surface area contributed by atoms with Crippen LogP contribution in [0.15, 0.2) is 54.3 Å². The quantitative estimate of drug-likeness (QED) is 0.235. The van der Waals surface area contributed by atoms with Crippen LogP contribution >= 0.6 is 0 Å². The van der Waals surface area contributed by atoms with Gasteiger partial charge in [-0.25, -0.2) is 4.79 Å². The highest BCUT2D eigenvalue weighted by Crippen LogP contribution is 2.16. The van der Waals surface area contributed by atoms with Gasteiger partial charge in [-0.15, -0.1) is 6.58 Å². The van der Waals surface area contributed by atoms with Gasteiger partial charge in [-0.2, -0.15) is 0 Å². The first kappa shape index (κ1) is 19.6. The van der Waals surface area contributed by atoms with Crippen molar-refractivity contribution in [2.75, 3.05) is 20.3 Å². The number of esters is 1. The number of hydrogen-bond acceptors (Lipinski definition) is 5. The molecule has 1 rings (SSSR count). The van der Waals surface area contributed by atoms with Crippen LogP contribution in [0.25, 0.3) is 0 Å². The van der Waals surface area contributed by atoms with Gasteiger partial charge in [-0.05, 0) is 12.5 Å². The first-order chi connectivity index (χ1) is 11.5. The van der Waals surface area contributed by atoms with E-state index in [1.165, 1.54) is 14.0 Å². The Bertz CT molecular complexity index is 593. The summed E-state index contributed by atoms with van der Waals surface area (Å²) < 4.78 is 10.5. The zero-order valence-corrected chi connectivity index (χ0v) is 14.5. The van der Waals surface area contributed by atoms with E-state index in [-0.39, 0.29) is 17.3 Å². The molecule has 0 aromatic heterocycles. The van der Waals surface area contributed by atoms with Crippen molar-refractivity contribution in [1.82, 2.24) is 5.32 Å². The number of rotatable bonds is 10. The number of benzene rings is 1. The predicted molar refractivity (Wildman–Crippen MR) is 93.2 cm³/mol. The summed E-state index contributed by atoms with van der Waals surface area (Å²) >= 11 is 0. The summed E-state index contributed by atoms with van der Waals surface area (Å²) in [6, 6.07) is 9.80. The highest BCUT2D eigenvalue weighted by molar-refractivity contribution is 6.17. The van der Waals surface area contributed by atoms with Gasteiger partial charge < -0.3 is 14.8 Å². The number of carbonyl (C=O) groups is 2. The first-order valence-electron chi connectivity index (χ1n) is 7.81. The van der Waals surface area contributed by atoms with Gasteiger partial charge >= 0.3 is 5.97 Å². The van der Waals surface area contributed by atoms with E-state index in [0.29, 0.717) is 25.5 Å². The van der Waals surface area contributed by atoms with Crippen LogP contribution in [0.1, 0.15) is 19.4 Å². The van der Waals surface area contributed by atoms with Crippen LogP contribution < -0.4 is 5.32 Å². The predicted octanol–water partition coefficient (Wildman–Crippen LogP) is 2.63. The molecule has 0 saturated heterocycles. The maximum Gasteiger partial charge on any atom is 0.343 e. The second-order valence-corrected chi connectivity index (χ2v) is 5.41. The number of methoxy groups -OCH3 is 1. The monoisotopic (exact) mass is 331 g/mol. The Kier molecular flexibility index (Phi) is 8.50. The van der Waals surface area contributed by atoms with Gasteiger partial charge in [-0.1, -0.05) is 43.3 Å². The minimum Gasteiger partial charge on any atom is -0.465 e. The second kappa shape index (κ2) is 10.4. The molecule has 1 aromatic carbocycles. The lowest BCUT2D eigenvalue weighted by Gasteiger charge is -2.20. The lowest BCUT2D eigenvalue weighted by Crippen LogP contribution is -2.29. The molecule has 5 nitrogen and oxygen atoms in total. The molecule has 0 radical (unpaired) electrons. The standard InChI is InChI=1S/C19H25NO4/c1-5-11-20-18(17(15(3)21)19(22)23-4)14(2)12-24-13-16-9-7-6-8-10-16/h5-10,14,20H,1,11-13H2,2-4H3. The van der Waals surface area contributed by atoms with E-state index in [9.17, 15) is 9.59 Å². The number of ketones is 1. The van der Waals surface area contributed by atoms with Crippen molar-refractivity contribution in [1.29, 1.82) is 0 Å². The summed E-state index contributed by atoms with van der Waals surface area (Å²) in [5, 5.41) is 3.07. The molecule has 0 aliphatic carbocycles. The summed E-state index contributed by atoms with van der Waals surface area (Å²) in [6.07, 6.45) is 1.66. The molecule has 1 atom stereocenters. The minimum absolute atomic E-state index is 0.0233. The fourth-order valence-electron chi connectivity index (χ4n) is 2.25. The Labute approximate surface area is 143 Å². The smallest absolute Gasteiger partial charge is 0.343 e. The molecule has 24 heavy (non-hydrogen) atoms. The molecule has 1 N–H and O–H groups in total. The number of hydrogen-bond donors (Lipinski definition) is 1. The molecule has 130 valence electrons. The molecule has 1 aromatic rings. The van der Waals surface area contributed by atoms with Gasteiger partial charge in [0.25, 0.3) is 0 Å². The summed E-state index contributed by atoms with van der Waals surface area (Å²) in [7, 11) is 1.26. The third kappa shape index (κ3) is 6.01. The van der Waals surface area contributed by atoms with Crippen LogP contribution in [0.4, 0.5) is 0 Å². The van der Waals surface area contributed by atoms with Crippen molar-refractivity contribution in [3.8, 4) is 0 Å². The Morgan fingerprint density at radius 3 is 2.50 bits per heavy atom. The van der Waals surface area contributed by atoms with Gasteiger partial charge in [0.1, 0.15) is 5.57 Å². The SMILES string of the molecule is C=CCNC(=C(C(C)=O)C(=O)OC)C(C)COCc1ccccc1. The first-order valence-corrected chi connectivity index (χ1v) is 7.81. The van der Waals surface area contributed by atoms with Gasteiger partial charge in [0.2, 0.25) is 0 Å². The molecule has 5 heteroatoms. The molecule has 0 spiro atoms. The topological polar surface area (TPSA) is 64.6 Å². The van der Waals surface area contributed by atoms with E-state index in [2.05, 4.69) is 11.9 Å². The van der Waals surface area contributed by atoms with Crippen molar-refractivity contribution < 1.29 is 19.1 Å². The van der Waals surface area contributed by atoms with Crippen molar-refractivity contribution in [3.05, 3.63) is 59.8 Å². The molecule has 0 saturated carbocycles. The van der Waals surface area contributed by atoms with E-state index in [4.69, 9.17) is 9.47 Å². The molecule has 0 fully saturated rings. The second-order valence-electron chi connectivity index (χ2n) is 5.41. The fraction of sp³-hybridized carbons (Fsp3) is 0.368. The van der Waals surface area contributed by atoms with Crippen LogP contribution in [-0.2, 0) is 25.7 Å². The molecule has 0 aliphatic rings. The summed E-state index contributed by atoms with van der Waals surface area (Å²) in [6.45, 7) is 8.15. The maximum absolute atomic E-state index is 12.0. The zero-order valence-electron chi connectivity index (χ0n) is 14.5. The number of Topliss-reactive ketones (excluding diaryl/α,β-unsaturated/α-hetero) is 1. The average Bonchev–Trinajstić information content (AvgIpc) is 2.58. The van der Waals surface area contributed by atoms with Crippen LogP contribution in [0.5, 0.6) is 0 Å². The summed E-state index contributed by atoms with van der Waals surface area (Å²) in [5.74, 6) is -1.17. The Hall–Kier alpha value is -2.40. The summed E-state index contributed by atoms with van der Waals surface area (Å²) in [5.41, 5.74) is 1.60. The molecular weight excluding hydrogens is 306 g/mol. The number of ether oxygens (including phenoxy) is 2. The molecule has 1 unspecified atom stereocenters. The van der Waals surface area contributed by atoms with Crippen molar-refractivity contribution >= 4 is 11.8 Å². The summed E-state index contributed by atoms with van der Waals surface area (Å²) in [4.78, 5) is 23.8. The maximum atomic E-state index is 12.0. The van der Waals surface area contributed by atoms with E-state index in [0.717, 1.165) is 5.56 Å². The largest absolute Gasteiger partial charge is 0.465 e. The number of carbonyl (C=O) groups excluding carboxylic acids is 2. The fourth-order valence-corrected chi connectivity index (χ4v) is 2.25. The molecule has 0 aliphatic heterocycles. The Balaban J connectivity index is 2.86. The lowest BCUT2D eigenvalue weighted by atomic mass is 10.0. The van der Waals surface area contributed by atoms with E-state index in [1.54, 1.807) is 6.08 Å². The average molecular weight is 331 g/mol. The minimum atomic E-state index is -0.649. The van der Waals surface area contributed by atoms with E-state index in [1.807, 2.05) is 37.3 Å². The normalized spacial score (nSPS) is 12.8. The third-order valence-electron chi connectivity index (χ3n) is 3.42. The molecule has 0 bridgehead atoms. The van der Waals surface area contributed by atoms with E-state index >= 15 is 0 Å². The van der Waals surface area contributed by atoms with Crippen LogP contribution in [0, 0.1) is 5.92 Å². The lowest BCUT2D eigenvalue weighted by molar-refractivity contribution is -0.137. The van der Waals surface area contributed by atoms with Gasteiger partial charge in [0.15, 0.2) is 5.78 Å². The van der Waals surface area contributed by atoms with Gasteiger partial charge in [0, 0.05) is 18.2 Å². The Morgan fingerprint density at radius 2 is 1.96 bits per heavy atom. The van der Waals surface area contributed by atoms with Crippen LogP contribution in [0.2, 0.25) is 0 Å². The highest BCUT2D eigenvalue weighted by Gasteiger charge is 2.24. The van der Waals surface area contributed by atoms with E-state index < -0.39 is 5.97 Å². The highest BCUT2D eigenvalue weighted by atomic mass is 16.5. The zero-order chi connectivity index (χ0) is 17.9. The van der Waals surface area contributed by atoms with Crippen LogP contribution in [-0.4, -0.2) is 32.0 Å². The molecule has 0 amide bonds. The Morgan fingerprint density at radius 1 is 1.29 bits per heavy atom. The van der Waals surface area contributed by atoms with Gasteiger partial charge in [-0.3, -0.25) is 4.79 Å². The van der Waals surface area contributed by atoms with Crippen molar-refractivity contribution in [2.24, 2.45) is 5.92 Å².